The zero-order valence-electron chi connectivity index (χ0n) is 16.3. The monoisotopic (exact) mass is 390 g/mol. The number of hydrogen-bond donors (Lipinski definition) is 2. The Hall–Kier alpha value is -2.38. The first-order valence-electron chi connectivity index (χ1n) is 8.55. The molecular formula is C20H26N2O4S. The number of sulfonamides is 1. The summed E-state index contributed by atoms with van der Waals surface area (Å²) >= 11 is 0. The lowest BCUT2D eigenvalue weighted by atomic mass is 9.87. The van der Waals surface area contributed by atoms with E-state index in [0.29, 0.717) is 11.4 Å². The van der Waals surface area contributed by atoms with Gasteiger partial charge in [0.1, 0.15) is 5.75 Å². The second-order valence-corrected chi connectivity index (χ2v) is 9.13. The Morgan fingerprint density at radius 2 is 1.70 bits per heavy atom. The van der Waals surface area contributed by atoms with Crippen molar-refractivity contribution in [3.05, 3.63) is 53.1 Å². The normalized spacial score (nSPS) is 11.9. The van der Waals surface area contributed by atoms with E-state index >= 15 is 0 Å². The second kappa shape index (κ2) is 7.70. The predicted octanol–water partition coefficient (Wildman–Crippen LogP) is 3.27. The minimum atomic E-state index is -3.85. The summed E-state index contributed by atoms with van der Waals surface area (Å²) in [5.74, 6) is 0.202. The molecule has 2 aromatic rings. The van der Waals surface area contributed by atoms with E-state index in [4.69, 9.17) is 9.88 Å². The van der Waals surface area contributed by atoms with Crippen LogP contribution in [0.5, 0.6) is 5.75 Å². The van der Waals surface area contributed by atoms with Gasteiger partial charge in [0, 0.05) is 5.69 Å². The molecule has 6 nitrogen and oxygen atoms in total. The average Bonchev–Trinajstić information content (AvgIpc) is 2.55. The maximum Gasteiger partial charge on any atom is 0.262 e. The van der Waals surface area contributed by atoms with Crippen LogP contribution < -0.4 is 15.2 Å². The van der Waals surface area contributed by atoms with Crippen LogP contribution in [-0.2, 0) is 20.2 Å². The van der Waals surface area contributed by atoms with Gasteiger partial charge in [-0.05, 0) is 60.2 Å². The second-order valence-electron chi connectivity index (χ2n) is 7.57. The molecule has 0 unspecified atom stereocenters. The summed E-state index contributed by atoms with van der Waals surface area (Å²) in [6.07, 6.45) is 0. The van der Waals surface area contributed by atoms with E-state index in [0.717, 1.165) is 11.1 Å². The maximum atomic E-state index is 12.2. The first-order chi connectivity index (χ1) is 12.4. The molecule has 27 heavy (non-hydrogen) atoms. The van der Waals surface area contributed by atoms with E-state index in [1.54, 1.807) is 13.8 Å². The summed E-state index contributed by atoms with van der Waals surface area (Å²) < 4.78 is 28.7. The summed E-state index contributed by atoms with van der Waals surface area (Å²) in [5.41, 5.74) is 3.10. The Bertz CT molecular complexity index is 943. The van der Waals surface area contributed by atoms with Crippen LogP contribution in [-0.4, -0.2) is 20.9 Å². The molecule has 0 aliphatic rings. The highest BCUT2D eigenvalue weighted by Crippen LogP contribution is 2.25. The SMILES string of the molecule is Cc1cc(S(N)(=O)=O)cc(NC(=O)COc2ccc(C(C)(C)C)cc2)c1C. The van der Waals surface area contributed by atoms with E-state index < -0.39 is 10.0 Å². The number of carbonyl (C=O) groups is 1. The highest BCUT2D eigenvalue weighted by molar-refractivity contribution is 7.89. The highest BCUT2D eigenvalue weighted by atomic mass is 32.2. The van der Waals surface area contributed by atoms with Crippen molar-refractivity contribution in [3.8, 4) is 5.75 Å². The number of nitrogens with one attached hydrogen (secondary N) is 1. The van der Waals surface area contributed by atoms with Crippen molar-refractivity contribution in [2.75, 3.05) is 11.9 Å². The third-order valence-electron chi connectivity index (χ3n) is 4.33. The average molecular weight is 391 g/mol. The number of amides is 1. The topological polar surface area (TPSA) is 98.5 Å². The smallest absolute Gasteiger partial charge is 0.262 e. The standard InChI is InChI=1S/C20H26N2O4S/c1-13-10-17(27(21,24)25)11-18(14(13)2)22-19(23)12-26-16-8-6-15(7-9-16)20(3,4)5/h6-11H,12H2,1-5H3,(H,22,23)(H2,21,24,25). The molecule has 0 atom stereocenters. The van der Waals surface area contributed by atoms with Crippen molar-refractivity contribution in [3.63, 3.8) is 0 Å². The van der Waals surface area contributed by atoms with Gasteiger partial charge >= 0.3 is 0 Å². The molecule has 2 aromatic carbocycles. The summed E-state index contributed by atoms with van der Waals surface area (Å²) in [4.78, 5) is 12.2. The van der Waals surface area contributed by atoms with Crippen LogP contribution in [0.2, 0.25) is 0 Å². The molecular weight excluding hydrogens is 364 g/mol. The largest absolute Gasteiger partial charge is 0.484 e. The van der Waals surface area contributed by atoms with Crippen LogP contribution in [0.3, 0.4) is 0 Å². The number of primary sulfonamides is 1. The van der Waals surface area contributed by atoms with Crippen molar-refractivity contribution >= 4 is 21.6 Å². The number of hydrogen-bond acceptors (Lipinski definition) is 4. The van der Waals surface area contributed by atoms with Gasteiger partial charge in [-0.3, -0.25) is 4.79 Å². The lowest BCUT2D eigenvalue weighted by molar-refractivity contribution is -0.118. The number of nitrogens with two attached hydrogens (primary N) is 1. The van der Waals surface area contributed by atoms with Gasteiger partial charge in [-0.2, -0.15) is 0 Å². The number of ether oxygens (including phenoxy) is 1. The number of aryl methyl sites for hydroxylation is 1. The summed E-state index contributed by atoms with van der Waals surface area (Å²) in [6.45, 7) is 9.73. The molecule has 0 aromatic heterocycles. The Morgan fingerprint density at radius 3 is 2.22 bits per heavy atom. The van der Waals surface area contributed by atoms with Crippen LogP contribution in [0.4, 0.5) is 5.69 Å². The molecule has 2 rings (SSSR count). The molecule has 7 heteroatoms. The fraction of sp³-hybridized carbons (Fsp3) is 0.350. The van der Waals surface area contributed by atoms with Crippen LogP contribution in [0.1, 0.15) is 37.5 Å². The van der Waals surface area contributed by atoms with E-state index in [9.17, 15) is 13.2 Å². The minimum absolute atomic E-state index is 0.0413. The van der Waals surface area contributed by atoms with E-state index in [1.165, 1.54) is 17.7 Å². The van der Waals surface area contributed by atoms with Crippen LogP contribution in [0, 0.1) is 13.8 Å². The van der Waals surface area contributed by atoms with Crippen molar-refractivity contribution in [1.82, 2.24) is 0 Å². The van der Waals surface area contributed by atoms with Crippen molar-refractivity contribution in [2.24, 2.45) is 5.14 Å². The molecule has 3 N–H and O–H groups in total. The summed E-state index contributed by atoms with van der Waals surface area (Å²) in [5, 5.41) is 7.87. The number of carbonyl (C=O) groups excluding carboxylic acids is 1. The Morgan fingerprint density at radius 1 is 1.11 bits per heavy atom. The Kier molecular flexibility index (Phi) is 5.97. The Labute approximate surface area is 160 Å². The zero-order chi connectivity index (χ0) is 20.4. The quantitative estimate of drug-likeness (QED) is 0.818. The number of rotatable bonds is 5. The molecule has 0 saturated heterocycles. The molecule has 0 aliphatic heterocycles. The summed E-state index contributed by atoms with van der Waals surface area (Å²) in [7, 11) is -3.85. The van der Waals surface area contributed by atoms with E-state index in [-0.39, 0.29) is 22.8 Å². The van der Waals surface area contributed by atoms with Gasteiger partial charge in [-0.15, -0.1) is 0 Å². The van der Waals surface area contributed by atoms with Crippen LogP contribution >= 0.6 is 0 Å². The fourth-order valence-electron chi connectivity index (χ4n) is 2.51. The molecule has 0 heterocycles. The molecule has 146 valence electrons. The third-order valence-corrected chi connectivity index (χ3v) is 5.23. The molecule has 0 radical (unpaired) electrons. The first kappa shape index (κ1) is 20.9. The van der Waals surface area contributed by atoms with Gasteiger partial charge < -0.3 is 10.1 Å². The predicted molar refractivity (Wildman–Crippen MR) is 107 cm³/mol. The molecule has 1 amide bonds. The van der Waals surface area contributed by atoms with Gasteiger partial charge in [-0.25, -0.2) is 13.6 Å². The molecule has 0 saturated carbocycles. The van der Waals surface area contributed by atoms with Crippen molar-refractivity contribution in [1.29, 1.82) is 0 Å². The highest BCUT2D eigenvalue weighted by Gasteiger charge is 2.15. The first-order valence-corrected chi connectivity index (χ1v) is 10.1. The van der Waals surface area contributed by atoms with Crippen molar-refractivity contribution in [2.45, 2.75) is 44.9 Å². The van der Waals surface area contributed by atoms with Crippen LogP contribution in [0.25, 0.3) is 0 Å². The van der Waals surface area contributed by atoms with Gasteiger partial charge in [0.15, 0.2) is 6.61 Å². The van der Waals surface area contributed by atoms with Crippen LogP contribution in [0.15, 0.2) is 41.3 Å². The molecule has 0 spiro atoms. The molecule has 0 bridgehead atoms. The zero-order valence-corrected chi connectivity index (χ0v) is 17.1. The third kappa shape index (κ3) is 5.55. The van der Waals surface area contributed by atoms with E-state index in [1.807, 2.05) is 24.3 Å². The maximum absolute atomic E-state index is 12.2. The summed E-state index contributed by atoms with van der Waals surface area (Å²) in [6, 6.07) is 10.4. The lowest BCUT2D eigenvalue weighted by Gasteiger charge is -2.19. The van der Waals surface area contributed by atoms with Gasteiger partial charge in [0.05, 0.1) is 4.90 Å². The Balaban J connectivity index is 2.07. The van der Waals surface area contributed by atoms with Gasteiger partial charge in [-0.1, -0.05) is 32.9 Å². The van der Waals surface area contributed by atoms with Gasteiger partial charge in [0.2, 0.25) is 10.0 Å². The fourth-order valence-corrected chi connectivity index (χ4v) is 3.13. The lowest BCUT2D eigenvalue weighted by Crippen LogP contribution is -2.21. The minimum Gasteiger partial charge on any atom is -0.484 e. The van der Waals surface area contributed by atoms with E-state index in [2.05, 4.69) is 26.1 Å². The number of anilines is 1. The van der Waals surface area contributed by atoms with Crippen molar-refractivity contribution < 1.29 is 17.9 Å². The number of benzene rings is 2. The molecule has 0 fully saturated rings. The van der Waals surface area contributed by atoms with Gasteiger partial charge in [0.25, 0.3) is 5.91 Å². The molecule has 0 aliphatic carbocycles.